The molecule has 0 amide bonds. The normalized spacial score (nSPS) is 12.5. The summed E-state index contributed by atoms with van der Waals surface area (Å²) in [5.41, 5.74) is 8.43. The van der Waals surface area contributed by atoms with E-state index in [1.165, 1.54) is 22.3 Å². The van der Waals surface area contributed by atoms with Crippen molar-refractivity contribution < 1.29 is 4.42 Å². The summed E-state index contributed by atoms with van der Waals surface area (Å²) in [5, 5.41) is 0. The Morgan fingerprint density at radius 1 is 0.593 bits per heavy atom. The fourth-order valence-electron chi connectivity index (χ4n) is 3.25. The molecule has 138 valence electrons. The number of aryl methyl sites for hydroxylation is 4. The molecule has 0 spiro atoms. The van der Waals surface area contributed by atoms with Gasteiger partial charge in [0, 0.05) is 0 Å². The van der Waals surface area contributed by atoms with E-state index in [4.69, 9.17) is 14.4 Å². The molecule has 0 aliphatic carbocycles. The van der Waals surface area contributed by atoms with Gasteiger partial charge >= 0.3 is 0 Å². The van der Waals surface area contributed by atoms with E-state index in [1.54, 1.807) is 0 Å². The first-order chi connectivity index (χ1) is 12.8. The second kappa shape index (κ2) is 7.75. The van der Waals surface area contributed by atoms with Gasteiger partial charge in [0.15, 0.2) is 0 Å². The van der Waals surface area contributed by atoms with Crippen molar-refractivity contribution in [1.82, 2.24) is 0 Å². The summed E-state index contributed by atoms with van der Waals surface area (Å²) in [6, 6.07) is 16.5. The Balaban J connectivity index is 1.87. The molecule has 0 saturated carbocycles. The van der Waals surface area contributed by atoms with E-state index in [0.29, 0.717) is 0 Å². The molecule has 27 heavy (non-hydrogen) atoms. The Morgan fingerprint density at radius 3 is 1.26 bits per heavy atom. The van der Waals surface area contributed by atoms with Crippen LogP contribution < -0.4 is 0 Å². The zero-order valence-corrected chi connectivity index (χ0v) is 16.9. The van der Waals surface area contributed by atoms with Crippen LogP contribution >= 0.6 is 0 Å². The number of hydrogen-bond acceptors (Lipinski definition) is 3. The molecular formula is C24H26N2O. The second-order valence-electron chi connectivity index (χ2n) is 7.25. The molecule has 3 rings (SSSR count). The molecular weight excluding hydrogens is 332 g/mol. The van der Waals surface area contributed by atoms with Crippen molar-refractivity contribution in [3.05, 3.63) is 82.3 Å². The Morgan fingerprint density at radius 2 is 0.926 bits per heavy atom. The number of rotatable bonds is 4. The van der Waals surface area contributed by atoms with Gasteiger partial charge in [0.2, 0.25) is 0 Å². The highest BCUT2D eigenvalue weighted by Crippen LogP contribution is 2.21. The molecule has 0 bridgehead atoms. The highest BCUT2D eigenvalue weighted by molar-refractivity contribution is 6.01. The van der Waals surface area contributed by atoms with Crippen molar-refractivity contribution in [3.63, 3.8) is 0 Å². The molecule has 2 aromatic carbocycles. The van der Waals surface area contributed by atoms with Gasteiger partial charge in [-0.25, -0.2) is 9.98 Å². The van der Waals surface area contributed by atoms with Crippen molar-refractivity contribution in [2.75, 3.05) is 0 Å². The monoisotopic (exact) mass is 358 g/mol. The maximum atomic E-state index is 6.01. The van der Waals surface area contributed by atoms with Crippen molar-refractivity contribution >= 4 is 22.8 Å². The van der Waals surface area contributed by atoms with Crippen molar-refractivity contribution in [2.45, 2.75) is 41.5 Å². The molecule has 0 aliphatic rings. The van der Waals surface area contributed by atoms with E-state index >= 15 is 0 Å². The molecule has 3 nitrogen and oxygen atoms in total. The summed E-state index contributed by atoms with van der Waals surface area (Å²) in [6.07, 6.45) is 0. The summed E-state index contributed by atoms with van der Waals surface area (Å²) in [7, 11) is 0. The Hall–Kier alpha value is -2.94. The number of nitrogens with zero attached hydrogens (tertiary/aromatic N) is 2. The van der Waals surface area contributed by atoms with Gasteiger partial charge in [0.05, 0.1) is 22.8 Å². The minimum atomic E-state index is 0.763. The number of benzene rings is 2. The zero-order chi connectivity index (χ0) is 19.6. The molecule has 0 atom stereocenters. The van der Waals surface area contributed by atoms with E-state index in [9.17, 15) is 0 Å². The average molecular weight is 358 g/mol. The van der Waals surface area contributed by atoms with Crippen LogP contribution in [0.1, 0.15) is 47.6 Å². The lowest BCUT2D eigenvalue weighted by Crippen LogP contribution is -1.94. The molecule has 0 unspecified atom stereocenters. The molecule has 3 heteroatoms. The first-order valence-electron chi connectivity index (χ1n) is 9.18. The third-order valence-corrected chi connectivity index (χ3v) is 4.33. The van der Waals surface area contributed by atoms with Crippen LogP contribution in [0.25, 0.3) is 0 Å². The summed E-state index contributed by atoms with van der Waals surface area (Å²) in [5.74, 6) is 1.53. The maximum absolute atomic E-state index is 6.01. The third kappa shape index (κ3) is 4.82. The van der Waals surface area contributed by atoms with Gasteiger partial charge in [-0.05, 0) is 100 Å². The molecule has 1 aromatic heterocycles. The maximum Gasteiger partial charge on any atom is 0.148 e. The fraction of sp³-hybridized carbons (Fsp3) is 0.250. The fourth-order valence-corrected chi connectivity index (χ4v) is 3.25. The van der Waals surface area contributed by atoms with Crippen molar-refractivity contribution in [3.8, 4) is 0 Å². The van der Waals surface area contributed by atoms with Gasteiger partial charge in [0.1, 0.15) is 11.5 Å². The summed E-state index contributed by atoms with van der Waals surface area (Å²) in [6.45, 7) is 12.3. The predicted octanol–water partition coefficient (Wildman–Crippen LogP) is 6.79. The lowest BCUT2D eigenvalue weighted by molar-refractivity contribution is 0.548. The van der Waals surface area contributed by atoms with Crippen LogP contribution in [0.3, 0.4) is 0 Å². The lowest BCUT2D eigenvalue weighted by Gasteiger charge is -2.03. The Labute approximate surface area is 161 Å². The largest absolute Gasteiger partial charge is 0.454 e. The molecule has 0 aliphatic heterocycles. The minimum Gasteiger partial charge on any atom is -0.454 e. The molecule has 0 N–H and O–H groups in total. The third-order valence-electron chi connectivity index (χ3n) is 4.33. The van der Waals surface area contributed by atoms with E-state index in [2.05, 4.69) is 64.1 Å². The van der Waals surface area contributed by atoms with E-state index in [-0.39, 0.29) is 0 Å². The number of furan rings is 1. The van der Waals surface area contributed by atoms with Gasteiger partial charge in [-0.1, -0.05) is 12.1 Å². The second-order valence-corrected chi connectivity index (χ2v) is 7.25. The smallest absolute Gasteiger partial charge is 0.148 e. The topological polar surface area (TPSA) is 37.9 Å². The van der Waals surface area contributed by atoms with Crippen LogP contribution in [0.15, 0.2) is 62.9 Å². The summed E-state index contributed by atoms with van der Waals surface area (Å²) >= 11 is 0. The van der Waals surface area contributed by atoms with Crippen LogP contribution in [0.2, 0.25) is 0 Å². The Kier molecular flexibility index (Phi) is 5.41. The van der Waals surface area contributed by atoms with Crippen LogP contribution in [0, 0.1) is 27.7 Å². The van der Waals surface area contributed by atoms with Gasteiger partial charge in [0.25, 0.3) is 0 Å². The van der Waals surface area contributed by atoms with Crippen molar-refractivity contribution in [2.24, 2.45) is 9.98 Å². The predicted molar refractivity (Wildman–Crippen MR) is 114 cm³/mol. The van der Waals surface area contributed by atoms with Gasteiger partial charge in [-0.2, -0.15) is 0 Å². The van der Waals surface area contributed by atoms with Crippen molar-refractivity contribution in [1.29, 1.82) is 0 Å². The highest BCUT2D eigenvalue weighted by atomic mass is 16.3. The van der Waals surface area contributed by atoms with Gasteiger partial charge in [-0.15, -0.1) is 0 Å². The SMILES string of the molecule is CC(=Nc1cc(C)cc(C)c1)c1ccc(C(C)=Nc2cc(C)cc(C)c2)o1. The van der Waals surface area contributed by atoms with E-state index in [1.807, 2.05) is 26.0 Å². The van der Waals surface area contributed by atoms with Gasteiger partial charge in [-0.3, -0.25) is 0 Å². The molecule has 0 radical (unpaired) electrons. The standard InChI is InChI=1S/C24H26N2O/c1-15-9-16(2)12-21(11-15)25-19(5)23-7-8-24(27-23)20(6)26-22-13-17(3)10-18(4)14-22/h7-14H,1-6H3. The average Bonchev–Trinajstić information content (AvgIpc) is 3.03. The molecule has 0 fully saturated rings. The van der Waals surface area contributed by atoms with E-state index in [0.717, 1.165) is 34.3 Å². The van der Waals surface area contributed by atoms with E-state index < -0.39 is 0 Å². The first kappa shape index (κ1) is 18.8. The van der Waals surface area contributed by atoms with Crippen LogP contribution in [0.5, 0.6) is 0 Å². The highest BCUT2D eigenvalue weighted by Gasteiger charge is 2.08. The summed E-state index contributed by atoms with van der Waals surface area (Å²) in [4.78, 5) is 9.43. The van der Waals surface area contributed by atoms with Gasteiger partial charge < -0.3 is 4.42 Å². The minimum absolute atomic E-state index is 0.763. The van der Waals surface area contributed by atoms with Crippen LogP contribution in [-0.4, -0.2) is 11.4 Å². The number of aliphatic imine (C=N–C) groups is 2. The van der Waals surface area contributed by atoms with Crippen LogP contribution in [-0.2, 0) is 0 Å². The molecule has 0 saturated heterocycles. The quantitative estimate of drug-likeness (QED) is 0.473. The number of hydrogen-bond donors (Lipinski definition) is 0. The first-order valence-corrected chi connectivity index (χ1v) is 9.18. The molecule has 1 heterocycles. The molecule has 3 aromatic rings. The van der Waals surface area contributed by atoms with Crippen LogP contribution in [0.4, 0.5) is 11.4 Å². The zero-order valence-electron chi connectivity index (χ0n) is 16.9. The lowest BCUT2D eigenvalue weighted by atomic mass is 10.1. The Bertz CT molecular complexity index is 916. The summed E-state index contributed by atoms with van der Waals surface area (Å²) < 4.78 is 6.01.